The summed E-state index contributed by atoms with van der Waals surface area (Å²) in [5.41, 5.74) is 0. The first-order chi connectivity index (χ1) is 12.9. The van der Waals surface area contributed by atoms with Crippen molar-refractivity contribution in [2.24, 2.45) is 0 Å². The van der Waals surface area contributed by atoms with Crippen LogP contribution in [-0.4, -0.2) is 52.3 Å². The third kappa shape index (κ3) is 9.05. The van der Waals surface area contributed by atoms with Crippen LogP contribution in [0.15, 0.2) is 0 Å². The standard InChI is InChI=1S/C21H54O4Si5/c1-17-19-21(4,23-30(15,16)25-27(8,9)10)28(11,12)22-20(3,18-2)29(13,14)24-26(5,6)7/h17-19H2,1-16H3. The predicted octanol–water partition coefficient (Wildman–Crippen LogP) is 7.64. The fraction of sp³-hybridized carbons (Fsp3) is 1.00. The van der Waals surface area contributed by atoms with Crippen LogP contribution in [0.2, 0.25) is 78.6 Å². The second-order valence-electron chi connectivity index (χ2n) is 12.6. The molecule has 4 nitrogen and oxygen atoms in total. The van der Waals surface area contributed by atoms with Crippen molar-refractivity contribution in [2.75, 3.05) is 0 Å². The maximum Gasteiger partial charge on any atom is 0.321 e. The third-order valence-electron chi connectivity index (χ3n) is 6.01. The van der Waals surface area contributed by atoms with E-state index in [9.17, 15) is 0 Å². The Kier molecular flexibility index (Phi) is 10.4. The minimum Gasteiger partial charge on any atom is -0.454 e. The molecule has 0 aliphatic carbocycles. The van der Waals surface area contributed by atoms with Crippen LogP contribution >= 0.6 is 0 Å². The molecule has 0 radical (unpaired) electrons. The van der Waals surface area contributed by atoms with E-state index in [1.54, 1.807) is 0 Å². The normalized spacial score (nSPS) is 18.8. The van der Waals surface area contributed by atoms with Crippen LogP contribution in [-0.2, 0) is 17.1 Å². The largest absolute Gasteiger partial charge is 0.454 e. The van der Waals surface area contributed by atoms with Gasteiger partial charge in [-0.15, -0.1) is 0 Å². The Morgan fingerprint density at radius 2 is 1.00 bits per heavy atom. The van der Waals surface area contributed by atoms with Crippen molar-refractivity contribution >= 4 is 41.8 Å². The molecular formula is C21H54O4Si5. The summed E-state index contributed by atoms with van der Waals surface area (Å²) >= 11 is 0. The van der Waals surface area contributed by atoms with Gasteiger partial charge in [0.25, 0.3) is 0 Å². The smallest absolute Gasteiger partial charge is 0.321 e. The minimum absolute atomic E-state index is 0.243. The molecule has 0 N–H and O–H groups in total. The first kappa shape index (κ1) is 30.9. The van der Waals surface area contributed by atoms with Crippen molar-refractivity contribution < 1.29 is 17.1 Å². The van der Waals surface area contributed by atoms with Crippen LogP contribution < -0.4 is 0 Å². The molecule has 0 aliphatic rings. The average Bonchev–Trinajstić information content (AvgIpc) is 2.40. The highest BCUT2D eigenvalue weighted by atomic mass is 28.4. The summed E-state index contributed by atoms with van der Waals surface area (Å²) in [4.78, 5) is 0. The zero-order valence-corrected chi connectivity index (χ0v) is 28.3. The van der Waals surface area contributed by atoms with Gasteiger partial charge in [-0.1, -0.05) is 20.3 Å². The number of hydrogen-bond donors (Lipinski definition) is 0. The van der Waals surface area contributed by atoms with Gasteiger partial charge in [0.15, 0.2) is 16.6 Å². The Morgan fingerprint density at radius 3 is 1.33 bits per heavy atom. The minimum atomic E-state index is -2.29. The average molecular weight is 511 g/mol. The van der Waals surface area contributed by atoms with Gasteiger partial charge in [0.2, 0.25) is 16.6 Å². The van der Waals surface area contributed by atoms with Crippen LogP contribution in [0.4, 0.5) is 0 Å². The van der Waals surface area contributed by atoms with E-state index < -0.39 is 41.8 Å². The molecule has 0 amide bonds. The number of hydrogen-bond acceptors (Lipinski definition) is 4. The molecule has 0 aromatic heterocycles. The second kappa shape index (κ2) is 10.0. The third-order valence-corrected chi connectivity index (χ3v) is 23.1. The van der Waals surface area contributed by atoms with Gasteiger partial charge < -0.3 is 17.1 Å². The monoisotopic (exact) mass is 510 g/mol. The summed E-state index contributed by atoms with van der Waals surface area (Å²) < 4.78 is 27.6. The van der Waals surface area contributed by atoms with Gasteiger partial charge in [0.1, 0.15) is 0 Å². The lowest BCUT2D eigenvalue weighted by atomic mass is 10.2. The molecule has 2 unspecified atom stereocenters. The molecular weight excluding hydrogens is 457 g/mol. The predicted molar refractivity (Wildman–Crippen MR) is 145 cm³/mol. The molecule has 0 bridgehead atoms. The van der Waals surface area contributed by atoms with E-state index in [4.69, 9.17) is 17.1 Å². The van der Waals surface area contributed by atoms with Gasteiger partial charge in [0, 0.05) is 0 Å². The SMILES string of the molecule is CCCC(C)(O[Si](C)(C)O[Si](C)(C)C)[Si](C)(C)OC(C)(CC)[Si](C)(C)O[Si](C)(C)C. The van der Waals surface area contributed by atoms with Crippen molar-refractivity contribution in [3.63, 3.8) is 0 Å². The van der Waals surface area contributed by atoms with Crippen LogP contribution in [0.3, 0.4) is 0 Å². The highest BCUT2D eigenvalue weighted by Gasteiger charge is 2.56. The van der Waals surface area contributed by atoms with E-state index in [0.717, 1.165) is 19.3 Å². The van der Waals surface area contributed by atoms with Crippen molar-refractivity contribution in [3.05, 3.63) is 0 Å². The van der Waals surface area contributed by atoms with E-state index in [0.29, 0.717) is 0 Å². The molecule has 182 valence electrons. The summed E-state index contributed by atoms with van der Waals surface area (Å²) in [7, 11) is -10.0. The summed E-state index contributed by atoms with van der Waals surface area (Å²) in [6, 6.07) is 0. The quantitative estimate of drug-likeness (QED) is 0.238. The van der Waals surface area contributed by atoms with Crippen LogP contribution in [0.5, 0.6) is 0 Å². The van der Waals surface area contributed by atoms with E-state index in [2.05, 4.69) is 106 Å². The van der Waals surface area contributed by atoms with Crippen LogP contribution in [0, 0.1) is 0 Å². The van der Waals surface area contributed by atoms with E-state index in [-0.39, 0.29) is 10.4 Å². The molecule has 0 saturated heterocycles. The Balaban J connectivity index is 6.03. The maximum absolute atomic E-state index is 7.23. The lowest BCUT2D eigenvalue weighted by Crippen LogP contribution is -2.69. The molecule has 0 aromatic carbocycles. The van der Waals surface area contributed by atoms with Gasteiger partial charge >= 0.3 is 8.56 Å². The Labute approximate surface area is 194 Å². The summed E-state index contributed by atoms with van der Waals surface area (Å²) in [6.07, 6.45) is 3.03. The summed E-state index contributed by atoms with van der Waals surface area (Å²) in [5, 5.41) is -0.538. The Hall–Kier alpha value is 0.924. The van der Waals surface area contributed by atoms with Crippen molar-refractivity contribution in [1.29, 1.82) is 0 Å². The molecule has 0 heterocycles. The second-order valence-corrected chi connectivity index (χ2v) is 34.1. The molecule has 0 aromatic rings. The first-order valence-corrected chi connectivity index (χ1v) is 27.2. The van der Waals surface area contributed by atoms with Gasteiger partial charge in [-0.2, -0.15) is 0 Å². The lowest BCUT2D eigenvalue weighted by Gasteiger charge is -2.53. The van der Waals surface area contributed by atoms with Crippen molar-refractivity contribution in [1.82, 2.24) is 0 Å². The van der Waals surface area contributed by atoms with Crippen molar-refractivity contribution in [2.45, 2.75) is 136 Å². The van der Waals surface area contributed by atoms with Crippen LogP contribution in [0.25, 0.3) is 0 Å². The zero-order chi connectivity index (χ0) is 24.4. The molecule has 2 atom stereocenters. The van der Waals surface area contributed by atoms with Gasteiger partial charge in [0.05, 0.1) is 10.4 Å². The van der Waals surface area contributed by atoms with E-state index in [1.807, 2.05) is 0 Å². The fourth-order valence-corrected chi connectivity index (χ4v) is 25.3. The van der Waals surface area contributed by atoms with E-state index >= 15 is 0 Å². The van der Waals surface area contributed by atoms with Gasteiger partial charge in [-0.25, -0.2) is 0 Å². The molecule has 0 rings (SSSR count). The molecule has 0 saturated carbocycles. The van der Waals surface area contributed by atoms with Gasteiger partial charge in [-0.05, 0) is 105 Å². The first-order valence-electron chi connectivity index (χ1n) is 11.8. The summed E-state index contributed by atoms with van der Waals surface area (Å²) in [5.74, 6) is 0. The lowest BCUT2D eigenvalue weighted by molar-refractivity contribution is 0.0544. The highest BCUT2D eigenvalue weighted by Crippen LogP contribution is 2.41. The number of rotatable bonds is 13. The Bertz CT molecular complexity index is 555. The molecule has 0 spiro atoms. The van der Waals surface area contributed by atoms with Gasteiger partial charge in [-0.3, -0.25) is 0 Å². The molecule has 0 fully saturated rings. The maximum atomic E-state index is 7.23. The van der Waals surface area contributed by atoms with Crippen LogP contribution in [0.1, 0.15) is 47.0 Å². The Morgan fingerprint density at radius 1 is 0.567 bits per heavy atom. The molecule has 30 heavy (non-hydrogen) atoms. The fourth-order valence-electron chi connectivity index (χ4n) is 4.42. The molecule has 0 aliphatic heterocycles. The molecule has 9 heteroatoms. The van der Waals surface area contributed by atoms with Crippen molar-refractivity contribution in [3.8, 4) is 0 Å². The summed E-state index contributed by atoms with van der Waals surface area (Å²) in [6.45, 7) is 36.4. The highest BCUT2D eigenvalue weighted by molar-refractivity contribution is 6.87. The topological polar surface area (TPSA) is 36.9 Å². The van der Waals surface area contributed by atoms with E-state index in [1.165, 1.54) is 0 Å². The zero-order valence-electron chi connectivity index (χ0n) is 23.3.